The van der Waals surface area contributed by atoms with Crippen LogP contribution in [-0.2, 0) is 6.42 Å². The third kappa shape index (κ3) is 3.18. The van der Waals surface area contributed by atoms with Gasteiger partial charge >= 0.3 is 0 Å². The van der Waals surface area contributed by atoms with Crippen LogP contribution in [-0.4, -0.2) is 24.5 Å². The monoisotopic (exact) mass is 312 g/mol. The predicted octanol–water partition coefficient (Wildman–Crippen LogP) is 3.29. The highest BCUT2D eigenvalue weighted by Gasteiger charge is 2.12. The van der Waals surface area contributed by atoms with E-state index in [1.54, 1.807) is 31.5 Å². The van der Waals surface area contributed by atoms with Gasteiger partial charge in [0.25, 0.3) is 5.91 Å². The maximum Gasteiger partial charge on any atom is 0.253 e. The van der Waals surface area contributed by atoms with Crippen molar-refractivity contribution in [3.05, 3.63) is 65.6 Å². The van der Waals surface area contributed by atoms with Crippen molar-refractivity contribution in [1.82, 2.24) is 10.3 Å². The summed E-state index contributed by atoms with van der Waals surface area (Å²) in [7, 11) is 1.60. The topological polar surface area (TPSA) is 54.1 Å². The van der Waals surface area contributed by atoms with E-state index in [0.29, 0.717) is 24.1 Å². The Kier molecular flexibility index (Phi) is 4.28. The Morgan fingerprint density at radius 2 is 2.09 bits per heavy atom. The molecule has 0 fully saturated rings. The number of rotatable bonds is 5. The highest BCUT2D eigenvalue weighted by molar-refractivity contribution is 6.06. The summed E-state index contributed by atoms with van der Waals surface area (Å²) in [5, 5.41) is 3.65. The number of aromatic nitrogens is 1. The number of nitrogens with one attached hydrogen (secondary N) is 2. The first-order valence-electron chi connectivity index (χ1n) is 7.36. The quantitative estimate of drug-likeness (QED) is 0.759. The van der Waals surface area contributed by atoms with E-state index in [1.807, 2.05) is 18.2 Å². The van der Waals surface area contributed by atoms with E-state index in [0.717, 1.165) is 16.7 Å². The number of hydrogen-bond donors (Lipinski definition) is 2. The van der Waals surface area contributed by atoms with Gasteiger partial charge in [-0.2, -0.15) is 0 Å². The number of amides is 1. The molecule has 0 aliphatic rings. The summed E-state index contributed by atoms with van der Waals surface area (Å²) in [5.74, 6) is 0.296. The van der Waals surface area contributed by atoms with Crippen LogP contribution in [0.1, 0.15) is 15.9 Å². The summed E-state index contributed by atoms with van der Waals surface area (Å²) in [6.45, 7) is 0.378. The van der Waals surface area contributed by atoms with Gasteiger partial charge in [0.2, 0.25) is 0 Å². The first-order chi connectivity index (χ1) is 11.2. The molecule has 0 saturated heterocycles. The van der Waals surface area contributed by atoms with Crippen LogP contribution in [0.5, 0.6) is 5.75 Å². The number of ether oxygens (including phenoxy) is 1. The van der Waals surface area contributed by atoms with Gasteiger partial charge in [-0.3, -0.25) is 4.79 Å². The zero-order valence-electron chi connectivity index (χ0n) is 12.7. The van der Waals surface area contributed by atoms with E-state index < -0.39 is 0 Å². The van der Waals surface area contributed by atoms with Crippen molar-refractivity contribution < 1.29 is 13.9 Å². The van der Waals surface area contributed by atoms with E-state index in [-0.39, 0.29) is 11.7 Å². The van der Waals surface area contributed by atoms with Crippen LogP contribution in [0.4, 0.5) is 4.39 Å². The highest BCUT2D eigenvalue weighted by Crippen LogP contribution is 2.23. The minimum absolute atomic E-state index is 0.183. The molecule has 1 heterocycles. The lowest BCUT2D eigenvalue weighted by Gasteiger charge is -2.06. The van der Waals surface area contributed by atoms with Gasteiger partial charge in [0.15, 0.2) is 0 Å². The Labute approximate surface area is 133 Å². The SMILES string of the molecule is COc1ccc2c(C(=O)NCCc3ccccc3F)c[nH]c2c1. The molecule has 0 aliphatic carbocycles. The lowest BCUT2D eigenvalue weighted by atomic mass is 10.1. The van der Waals surface area contributed by atoms with Crippen molar-refractivity contribution in [1.29, 1.82) is 0 Å². The molecule has 0 bridgehead atoms. The van der Waals surface area contributed by atoms with Crippen LogP contribution in [0, 0.1) is 5.82 Å². The number of fused-ring (bicyclic) bond motifs is 1. The molecule has 2 N–H and O–H groups in total. The summed E-state index contributed by atoms with van der Waals surface area (Å²) >= 11 is 0. The second kappa shape index (κ2) is 6.52. The molecule has 0 unspecified atom stereocenters. The zero-order chi connectivity index (χ0) is 16.2. The maximum atomic E-state index is 13.5. The van der Waals surface area contributed by atoms with Crippen LogP contribution in [0.25, 0.3) is 10.9 Å². The van der Waals surface area contributed by atoms with Gasteiger partial charge in [-0.1, -0.05) is 18.2 Å². The smallest absolute Gasteiger partial charge is 0.253 e. The van der Waals surface area contributed by atoms with Gasteiger partial charge in [0.1, 0.15) is 11.6 Å². The van der Waals surface area contributed by atoms with E-state index in [1.165, 1.54) is 6.07 Å². The largest absolute Gasteiger partial charge is 0.497 e. The van der Waals surface area contributed by atoms with Crippen molar-refractivity contribution >= 4 is 16.8 Å². The molecule has 3 aromatic rings. The summed E-state index contributed by atoms with van der Waals surface area (Å²) in [4.78, 5) is 15.4. The fourth-order valence-electron chi connectivity index (χ4n) is 2.53. The number of hydrogen-bond acceptors (Lipinski definition) is 2. The summed E-state index contributed by atoms with van der Waals surface area (Å²) in [5.41, 5.74) is 2.00. The first kappa shape index (κ1) is 15.1. The third-order valence-corrected chi connectivity index (χ3v) is 3.77. The van der Waals surface area contributed by atoms with E-state index >= 15 is 0 Å². The van der Waals surface area contributed by atoms with Gasteiger partial charge in [-0.15, -0.1) is 0 Å². The standard InChI is InChI=1S/C18H17FN2O2/c1-23-13-6-7-14-15(11-21-17(14)10-13)18(22)20-9-8-12-4-2-3-5-16(12)19/h2-7,10-11,21H,8-9H2,1H3,(H,20,22). The lowest BCUT2D eigenvalue weighted by Crippen LogP contribution is -2.25. The summed E-state index contributed by atoms with van der Waals surface area (Å²) < 4.78 is 18.7. The number of aromatic amines is 1. The molecule has 0 saturated carbocycles. The molecule has 1 amide bonds. The van der Waals surface area contributed by atoms with Crippen LogP contribution in [0.15, 0.2) is 48.7 Å². The molecule has 0 radical (unpaired) electrons. The molecular weight excluding hydrogens is 295 g/mol. The Hall–Kier alpha value is -2.82. The number of H-pyrrole nitrogens is 1. The molecule has 0 atom stereocenters. The molecule has 4 nitrogen and oxygen atoms in total. The predicted molar refractivity (Wildman–Crippen MR) is 87.3 cm³/mol. The summed E-state index contributed by atoms with van der Waals surface area (Å²) in [6, 6.07) is 12.1. The van der Waals surface area contributed by atoms with Gasteiger partial charge in [-0.25, -0.2) is 4.39 Å². The van der Waals surface area contributed by atoms with Gasteiger partial charge < -0.3 is 15.0 Å². The van der Waals surface area contributed by atoms with Crippen LogP contribution in [0.2, 0.25) is 0 Å². The summed E-state index contributed by atoms with van der Waals surface area (Å²) in [6.07, 6.45) is 2.12. The van der Waals surface area contributed by atoms with Crippen molar-refractivity contribution in [2.75, 3.05) is 13.7 Å². The Morgan fingerprint density at radius 3 is 2.87 bits per heavy atom. The van der Waals surface area contributed by atoms with Gasteiger partial charge in [0, 0.05) is 29.7 Å². The maximum absolute atomic E-state index is 13.5. The van der Waals surface area contributed by atoms with E-state index in [2.05, 4.69) is 10.3 Å². The lowest BCUT2D eigenvalue weighted by molar-refractivity contribution is 0.0955. The zero-order valence-corrected chi connectivity index (χ0v) is 12.7. The number of halogens is 1. The first-order valence-corrected chi connectivity index (χ1v) is 7.36. The number of methoxy groups -OCH3 is 1. The normalized spacial score (nSPS) is 10.7. The van der Waals surface area contributed by atoms with E-state index in [9.17, 15) is 9.18 Å². The van der Waals surface area contributed by atoms with Crippen LogP contribution >= 0.6 is 0 Å². The number of benzene rings is 2. The van der Waals surface area contributed by atoms with Crippen molar-refractivity contribution in [3.63, 3.8) is 0 Å². The van der Waals surface area contributed by atoms with Crippen LogP contribution < -0.4 is 10.1 Å². The average Bonchev–Trinajstić information content (AvgIpc) is 2.99. The second-order valence-electron chi connectivity index (χ2n) is 5.21. The van der Waals surface area contributed by atoms with Gasteiger partial charge in [-0.05, 0) is 30.2 Å². The Morgan fingerprint density at radius 1 is 1.26 bits per heavy atom. The fraction of sp³-hybridized carbons (Fsp3) is 0.167. The molecule has 3 rings (SSSR count). The molecular formula is C18H17FN2O2. The van der Waals surface area contributed by atoms with Crippen molar-refractivity contribution in [2.45, 2.75) is 6.42 Å². The molecule has 23 heavy (non-hydrogen) atoms. The third-order valence-electron chi connectivity index (χ3n) is 3.77. The average molecular weight is 312 g/mol. The Balaban J connectivity index is 1.68. The molecule has 0 aliphatic heterocycles. The Bertz CT molecular complexity index is 842. The molecule has 1 aromatic heterocycles. The molecule has 2 aromatic carbocycles. The molecule has 0 spiro atoms. The fourth-order valence-corrected chi connectivity index (χ4v) is 2.53. The minimum Gasteiger partial charge on any atom is -0.497 e. The van der Waals surface area contributed by atoms with Gasteiger partial charge in [0.05, 0.1) is 12.7 Å². The van der Waals surface area contributed by atoms with Crippen molar-refractivity contribution in [2.24, 2.45) is 0 Å². The molecule has 5 heteroatoms. The highest BCUT2D eigenvalue weighted by atomic mass is 19.1. The number of carbonyl (C=O) groups excluding carboxylic acids is 1. The molecule has 118 valence electrons. The minimum atomic E-state index is -0.249. The van der Waals surface area contributed by atoms with Crippen LogP contribution in [0.3, 0.4) is 0 Å². The number of carbonyl (C=O) groups is 1. The van der Waals surface area contributed by atoms with E-state index in [4.69, 9.17) is 4.74 Å². The van der Waals surface area contributed by atoms with Crippen molar-refractivity contribution in [3.8, 4) is 5.75 Å². The second-order valence-corrected chi connectivity index (χ2v) is 5.21.